The van der Waals surface area contributed by atoms with Gasteiger partial charge >= 0.3 is 0 Å². The Kier molecular flexibility index (Phi) is 5.80. The van der Waals surface area contributed by atoms with Gasteiger partial charge in [-0.1, -0.05) is 0 Å². The van der Waals surface area contributed by atoms with Gasteiger partial charge < -0.3 is 19.6 Å². The lowest BCUT2D eigenvalue weighted by Gasteiger charge is -2.39. The van der Waals surface area contributed by atoms with Gasteiger partial charge in [-0.3, -0.25) is 9.59 Å². The predicted molar refractivity (Wildman–Crippen MR) is 124 cm³/mol. The van der Waals surface area contributed by atoms with Crippen LogP contribution in [0.15, 0.2) is 49.1 Å². The molecular formula is C25H24F2N6O2. The van der Waals surface area contributed by atoms with Gasteiger partial charge in [-0.05, 0) is 50.1 Å². The molecule has 0 radical (unpaired) electrons. The Labute approximate surface area is 200 Å². The number of rotatable bonds is 4. The molecular weight excluding hydrogens is 454 g/mol. The summed E-state index contributed by atoms with van der Waals surface area (Å²) < 4.78 is 29.8. The quantitative estimate of drug-likeness (QED) is 0.470. The fourth-order valence-electron chi connectivity index (χ4n) is 4.66. The molecule has 0 saturated carbocycles. The van der Waals surface area contributed by atoms with Crippen LogP contribution in [-0.2, 0) is 0 Å². The van der Waals surface area contributed by atoms with E-state index in [9.17, 15) is 18.4 Å². The second-order valence-corrected chi connectivity index (χ2v) is 8.83. The Bertz CT molecular complexity index is 1390. The lowest BCUT2D eigenvalue weighted by molar-refractivity contribution is 0.0655. The van der Waals surface area contributed by atoms with Crippen molar-refractivity contribution in [2.45, 2.75) is 32.2 Å². The molecule has 4 aromatic rings. The second-order valence-electron chi connectivity index (χ2n) is 8.83. The minimum absolute atomic E-state index is 0.150. The van der Waals surface area contributed by atoms with Crippen molar-refractivity contribution >= 4 is 17.3 Å². The number of fused-ring (bicyclic) bond motifs is 1. The Morgan fingerprint density at radius 1 is 1.17 bits per heavy atom. The highest BCUT2D eigenvalue weighted by Gasteiger charge is 2.35. The van der Waals surface area contributed by atoms with Crippen molar-refractivity contribution < 1.29 is 18.4 Å². The lowest BCUT2D eigenvalue weighted by atomic mass is 9.84. The number of pyridine rings is 1. The molecule has 1 aromatic carbocycles. The maximum absolute atomic E-state index is 14.0. The number of nitrogens with zero attached hydrogens (tertiary/aromatic N) is 4. The van der Waals surface area contributed by atoms with E-state index in [0.717, 1.165) is 11.8 Å². The number of halogens is 2. The van der Waals surface area contributed by atoms with E-state index in [2.05, 4.69) is 20.3 Å². The zero-order chi connectivity index (χ0) is 24.7. The van der Waals surface area contributed by atoms with Gasteiger partial charge in [-0.2, -0.15) is 0 Å². The SMILES string of the molecule is Cc1nc(C(=O)N[C@@H]2CN(C(=O)c3cccn4cncc34)CC[C@H]2c2cc(F)cc(F)c2)[nH]c1C. The van der Waals surface area contributed by atoms with E-state index in [0.29, 0.717) is 35.3 Å². The number of H-pyrrole nitrogens is 1. The van der Waals surface area contributed by atoms with Crippen molar-refractivity contribution in [1.82, 2.24) is 29.6 Å². The van der Waals surface area contributed by atoms with Crippen LogP contribution in [0.3, 0.4) is 0 Å². The molecule has 0 aliphatic carbocycles. The first-order chi connectivity index (χ1) is 16.8. The van der Waals surface area contributed by atoms with Crippen LogP contribution in [-0.4, -0.2) is 55.2 Å². The van der Waals surface area contributed by atoms with Gasteiger partial charge in [0.05, 0.1) is 35.3 Å². The Hall–Kier alpha value is -4.08. The van der Waals surface area contributed by atoms with Crippen molar-refractivity contribution in [3.05, 3.63) is 89.0 Å². The van der Waals surface area contributed by atoms with Gasteiger partial charge in [0.25, 0.3) is 11.8 Å². The van der Waals surface area contributed by atoms with Crippen molar-refractivity contribution in [2.75, 3.05) is 13.1 Å². The lowest BCUT2D eigenvalue weighted by Crippen LogP contribution is -2.53. The molecule has 1 fully saturated rings. The summed E-state index contributed by atoms with van der Waals surface area (Å²) in [5.41, 5.74) is 3.07. The summed E-state index contributed by atoms with van der Waals surface area (Å²) in [6, 6.07) is 6.28. The second kappa shape index (κ2) is 8.94. The highest BCUT2D eigenvalue weighted by atomic mass is 19.1. The molecule has 0 bridgehead atoms. The molecule has 8 nitrogen and oxygen atoms in total. The standard InChI is InChI=1S/C25H24F2N6O2/c1-14-15(2)30-23(29-14)24(34)31-21-12-32(7-5-19(21)16-8-17(26)10-18(27)9-16)25(35)20-4-3-6-33-13-28-11-22(20)33/h3-4,6,8-11,13,19,21H,5,7,12H2,1-2H3,(H,29,30)(H,31,34)/t19-,21+/m0/s1. The third-order valence-corrected chi connectivity index (χ3v) is 6.55. The zero-order valence-electron chi connectivity index (χ0n) is 19.3. The van der Waals surface area contributed by atoms with E-state index in [1.54, 1.807) is 47.1 Å². The van der Waals surface area contributed by atoms with Gasteiger partial charge in [-0.25, -0.2) is 18.7 Å². The third-order valence-electron chi connectivity index (χ3n) is 6.55. The van der Waals surface area contributed by atoms with Crippen molar-refractivity contribution in [3.8, 4) is 0 Å². The van der Waals surface area contributed by atoms with Crippen LogP contribution in [0, 0.1) is 25.5 Å². The van der Waals surface area contributed by atoms with E-state index in [-0.39, 0.29) is 18.3 Å². The number of hydrogen-bond donors (Lipinski definition) is 2. The van der Waals surface area contributed by atoms with Crippen LogP contribution < -0.4 is 5.32 Å². The van der Waals surface area contributed by atoms with Crippen LogP contribution >= 0.6 is 0 Å². The smallest absolute Gasteiger partial charge is 0.287 e. The average Bonchev–Trinajstić information content (AvgIpc) is 3.44. The predicted octanol–water partition coefficient (Wildman–Crippen LogP) is 3.38. The fraction of sp³-hybridized carbons (Fsp3) is 0.280. The minimum Gasteiger partial charge on any atom is -0.344 e. The molecule has 0 unspecified atom stereocenters. The number of benzene rings is 1. The molecule has 10 heteroatoms. The zero-order valence-corrected chi connectivity index (χ0v) is 19.3. The van der Waals surface area contributed by atoms with Gasteiger partial charge in [0.2, 0.25) is 0 Å². The molecule has 180 valence electrons. The fourth-order valence-corrected chi connectivity index (χ4v) is 4.66. The maximum Gasteiger partial charge on any atom is 0.287 e. The number of nitrogens with one attached hydrogen (secondary N) is 2. The van der Waals surface area contributed by atoms with Gasteiger partial charge in [0.15, 0.2) is 5.82 Å². The largest absolute Gasteiger partial charge is 0.344 e. The number of hydrogen-bond acceptors (Lipinski definition) is 4. The van der Waals surface area contributed by atoms with Crippen LogP contribution in [0.25, 0.3) is 5.52 Å². The first kappa shape index (κ1) is 22.7. The third kappa shape index (κ3) is 4.39. The van der Waals surface area contributed by atoms with E-state index in [1.165, 1.54) is 12.1 Å². The number of aryl methyl sites for hydroxylation is 2. The number of carbonyl (C=O) groups is 2. The summed E-state index contributed by atoms with van der Waals surface area (Å²) in [7, 11) is 0. The summed E-state index contributed by atoms with van der Waals surface area (Å²) in [6.07, 6.45) is 5.46. The van der Waals surface area contributed by atoms with Crippen LogP contribution in [0.2, 0.25) is 0 Å². The molecule has 35 heavy (non-hydrogen) atoms. The highest BCUT2D eigenvalue weighted by molar-refractivity contribution is 6.00. The van der Waals surface area contributed by atoms with Crippen molar-refractivity contribution in [1.29, 1.82) is 0 Å². The minimum atomic E-state index is -0.687. The molecule has 0 spiro atoms. The highest BCUT2D eigenvalue weighted by Crippen LogP contribution is 2.31. The van der Waals surface area contributed by atoms with Gasteiger partial charge in [0, 0.05) is 37.0 Å². The molecule has 1 aliphatic heterocycles. The molecule has 3 aromatic heterocycles. The van der Waals surface area contributed by atoms with E-state index in [1.807, 2.05) is 6.92 Å². The Morgan fingerprint density at radius 3 is 2.66 bits per heavy atom. The number of imidazole rings is 2. The average molecular weight is 479 g/mol. The Balaban J connectivity index is 1.45. The summed E-state index contributed by atoms with van der Waals surface area (Å²) in [6.45, 7) is 4.14. The number of likely N-dealkylation sites (tertiary alicyclic amines) is 1. The van der Waals surface area contributed by atoms with E-state index >= 15 is 0 Å². The number of piperidine rings is 1. The normalized spacial score (nSPS) is 18.1. The molecule has 5 rings (SSSR count). The van der Waals surface area contributed by atoms with Crippen molar-refractivity contribution in [3.63, 3.8) is 0 Å². The molecule has 4 heterocycles. The summed E-state index contributed by atoms with van der Waals surface area (Å²) in [5.74, 6) is -2.27. The monoisotopic (exact) mass is 478 g/mol. The van der Waals surface area contributed by atoms with Gasteiger partial charge in [0.1, 0.15) is 11.6 Å². The topological polar surface area (TPSA) is 95.4 Å². The molecule has 2 amide bonds. The first-order valence-electron chi connectivity index (χ1n) is 11.3. The van der Waals surface area contributed by atoms with Crippen LogP contribution in [0.4, 0.5) is 8.78 Å². The maximum atomic E-state index is 14.0. The summed E-state index contributed by atoms with van der Waals surface area (Å²) in [5, 5.41) is 2.94. The molecule has 2 N–H and O–H groups in total. The summed E-state index contributed by atoms with van der Waals surface area (Å²) in [4.78, 5) is 39.4. The number of aromatic amines is 1. The molecule has 1 saturated heterocycles. The Morgan fingerprint density at radius 2 is 1.94 bits per heavy atom. The molecule has 2 atom stereocenters. The number of carbonyl (C=O) groups excluding carboxylic acids is 2. The van der Waals surface area contributed by atoms with Gasteiger partial charge in [-0.15, -0.1) is 0 Å². The van der Waals surface area contributed by atoms with Crippen LogP contribution in [0.5, 0.6) is 0 Å². The van der Waals surface area contributed by atoms with Crippen molar-refractivity contribution in [2.24, 2.45) is 0 Å². The first-order valence-corrected chi connectivity index (χ1v) is 11.3. The summed E-state index contributed by atoms with van der Waals surface area (Å²) >= 11 is 0. The number of aromatic nitrogens is 4. The van der Waals surface area contributed by atoms with Crippen LogP contribution in [0.1, 0.15) is 50.3 Å². The van der Waals surface area contributed by atoms with E-state index < -0.39 is 29.5 Å². The van der Waals surface area contributed by atoms with E-state index in [4.69, 9.17) is 0 Å². The molecule has 1 aliphatic rings. The number of amides is 2.